The van der Waals surface area contributed by atoms with Gasteiger partial charge in [0.05, 0.1) is 0 Å². The molecular formula is C22H28Cl2OSiTi. The Morgan fingerprint density at radius 3 is 2.15 bits per heavy atom. The van der Waals surface area contributed by atoms with E-state index in [-0.39, 0.29) is 30.2 Å². The molecule has 0 heterocycles. The molecule has 5 heteroatoms. The van der Waals surface area contributed by atoms with Crippen LogP contribution in [0.25, 0.3) is 17.2 Å². The summed E-state index contributed by atoms with van der Waals surface area (Å²) in [6.45, 7) is 13.6. The third-order valence-electron chi connectivity index (χ3n) is 4.76. The molecule has 27 heavy (non-hydrogen) atoms. The van der Waals surface area contributed by atoms with Crippen LogP contribution >= 0.6 is 0 Å². The van der Waals surface area contributed by atoms with Crippen LogP contribution in [0.1, 0.15) is 48.6 Å². The van der Waals surface area contributed by atoms with Gasteiger partial charge in [-0.1, -0.05) is 0 Å². The quantitative estimate of drug-likeness (QED) is 0.596. The van der Waals surface area contributed by atoms with Crippen molar-refractivity contribution in [2.45, 2.75) is 50.4 Å². The number of hydrogen-bond acceptors (Lipinski definition) is 1. The van der Waals surface area contributed by atoms with E-state index in [0.717, 1.165) is 0 Å². The predicted molar refractivity (Wildman–Crippen MR) is 107 cm³/mol. The zero-order valence-corrected chi connectivity index (χ0v) is 21.2. The topological polar surface area (TPSA) is 9.23 Å². The molecule has 0 amide bonds. The first-order chi connectivity index (χ1) is 11.8. The molecule has 1 unspecified atom stereocenters. The van der Waals surface area contributed by atoms with Crippen molar-refractivity contribution < 1.29 is 47.4 Å². The van der Waals surface area contributed by atoms with Crippen molar-refractivity contribution in [3.05, 3.63) is 64.7 Å². The monoisotopic (exact) mass is 454 g/mol. The molecular weight excluding hydrogens is 427 g/mol. The van der Waals surface area contributed by atoms with E-state index in [1.165, 1.54) is 33.4 Å². The van der Waals surface area contributed by atoms with Crippen molar-refractivity contribution in [3.63, 3.8) is 0 Å². The van der Waals surface area contributed by atoms with Gasteiger partial charge < -0.3 is 24.8 Å². The summed E-state index contributed by atoms with van der Waals surface area (Å²) < 4.78 is 6.72. The minimum atomic E-state index is -0.934. The molecule has 0 saturated carbocycles. The first-order valence-electron chi connectivity index (χ1n) is 9.10. The first kappa shape index (κ1) is 24.7. The summed E-state index contributed by atoms with van der Waals surface area (Å²) in [5.41, 5.74) is 8.61. The van der Waals surface area contributed by atoms with E-state index in [1.54, 1.807) is 0 Å². The SMILES string of the molecule is CC1=Cc2c(-c3ccc(C(C)(C)C)cc3)cccc2[CH]1[Ti+2][O][SiH](C)C.[Cl-].[Cl-]. The standard InChI is InChI=1S/C20H21.C2H7OSi.2ClH.Ti/c1-14-12-16-6-5-7-18(19(16)13-14)15-8-10-17(11-9-15)20(2,3)4;1-4(2)3;;;/h5-13H,1-4H3;4H,1-2H3;2*1H;/q;-1;;;+3/p-2. The number of fused-ring (bicyclic) bond motifs is 1. The summed E-state index contributed by atoms with van der Waals surface area (Å²) in [7, 11) is -0.934. The summed E-state index contributed by atoms with van der Waals surface area (Å²) in [4.78, 5) is 0. The molecule has 0 fully saturated rings. The molecule has 0 saturated heterocycles. The van der Waals surface area contributed by atoms with Gasteiger partial charge in [-0.3, -0.25) is 0 Å². The molecule has 0 aliphatic heterocycles. The van der Waals surface area contributed by atoms with Crippen molar-refractivity contribution in [1.82, 2.24) is 0 Å². The Morgan fingerprint density at radius 2 is 1.59 bits per heavy atom. The van der Waals surface area contributed by atoms with Gasteiger partial charge in [-0.05, 0) is 0 Å². The molecule has 0 N–H and O–H groups in total. The minimum absolute atomic E-state index is 0. The zero-order valence-electron chi connectivity index (χ0n) is 16.9. The molecule has 0 radical (unpaired) electrons. The van der Waals surface area contributed by atoms with Gasteiger partial charge >= 0.3 is 164 Å². The van der Waals surface area contributed by atoms with Gasteiger partial charge in [0.2, 0.25) is 0 Å². The van der Waals surface area contributed by atoms with Crippen molar-refractivity contribution in [2.75, 3.05) is 0 Å². The summed E-state index contributed by atoms with van der Waals surface area (Å²) in [6, 6.07) is 15.9. The van der Waals surface area contributed by atoms with Crippen LogP contribution in [0.3, 0.4) is 0 Å². The van der Waals surface area contributed by atoms with Gasteiger partial charge in [0.15, 0.2) is 0 Å². The van der Waals surface area contributed by atoms with Gasteiger partial charge in [-0.2, -0.15) is 0 Å². The Balaban J connectivity index is 0.00000182. The number of allylic oxidation sites excluding steroid dienone is 1. The van der Waals surface area contributed by atoms with Crippen LogP contribution in [0.15, 0.2) is 48.0 Å². The van der Waals surface area contributed by atoms with Gasteiger partial charge in [0.25, 0.3) is 0 Å². The third kappa shape index (κ3) is 5.59. The second kappa shape index (κ2) is 9.91. The van der Waals surface area contributed by atoms with E-state index < -0.39 is 28.6 Å². The fraction of sp³-hybridized carbons (Fsp3) is 0.364. The van der Waals surface area contributed by atoms with Gasteiger partial charge in [0, 0.05) is 0 Å². The first-order valence-corrected chi connectivity index (χ1v) is 13.4. The Labute approximate surface area is 187 Å². The summed E-state index contributed by atoms with van der Waals surface area (Å²) in [5, 5.41) is 0. The van der Waals surface area contributed by atoms with E-state index >= 15 is 0 Å². The molecule has 1 aliphatic carbocycles. The molecule has 2 aromatic rings. The summed E-state index contributed by atoms with van der Waals surface area (Å²) in [5.74, 6) is 0. The zero-order chi connectivity index (χ0) is 18.2. The normalized spacial score (nSPS) is 15.4. The number of hydrogen-bond donors (Lipinski definition) is 0. The maximum Gasteiger partial charge on any atom is -1.00 e. The number of halogens is 2. The summed E-state index contributed by atoms with van der Waals surface area (Å²) in [6.07, 6.45) is 2.39. The second-order valence-electron chi connectivity index (χ2n) is 8.24. The smallest absolute Gasteiger partial charge is 1.00 e. The largest absolute Gasteiger partial charge is 1.00 e. The Hall–Kier alpha value is -0.349. The fourth-order valence-electron chi connectivity index (χ4n) is 3.31. The second-order valence-corrected chi connectivity index (χ2v) is 12.9. The molecule has 0 bridgehead atoms. The molecule has 2 aromatic carbocycles. The van der Waals surface area contributed by atoms with Crippen molar-refractivity contribution in [2.24, 2.45) is 0 Å². The van der Waals surface area contributed by atoms with Gasteiger partial charge in [-0.25, -0.2) is 0 Å². The van der Waals surface area contributed by atoms with Crippen LogP contribution < -0.4 is 24.8 Å². The van der Waals surface area contributed by atoms with Crippen LogP contribution in [0.4, 0.5) is 0 Å². The Bertz CT molecular complexity index is 795. The third-order valence-corrected chi connectivity index (χ3v) is 9.78. The Kier molecular flexibility index (Phi) is 9.07. The van der Waals surface area contributed by atoms with Crippen LogP contribution in [0, 0.1) is 0 Å². The molecule has 1 nitrogen and oxygen atoms in total. The average molecular weight is 455 g/mol. The summed E-state index contributed by atoms with van der Waals surface area (Å²) >= 11 is -0.407. The minimum Gasteiger partial charge on any atom is -1.00 e. The predicted octanol–water partition coefficient (Wildman–Crippen LogP) is 0.115. The fourth-order valence-corrected chi connectivity index (χ4v) is 6.65. The van der Waals surface area contributed by atoms with E-state index in [1.807, 2.05) is 0 Å². The maximum atomic E-state index is 6.17. The van der Waals surface area contributed by atoms with E-state index in [4.69, 9.17) is 3.01 Å². The van der Waals surface area contributed by atoms with Crippen LogP contribution in [0.2, 0.25) is 13.1 Å². The molecule has 1 atom stereocenters. The number of rotatable bonds is 4. The number of benzene rings is 2. The van der Waals surface area contributed by atoms with Crippen LogP contribution in [-0.4, -0.2) is 9.04 Å². The van der Waals surface area contributed by atoms with Crippen LogP contribution in [-0.2, 0) is 28.0 Å². The maximum absolute atomic E-state index is 6.17. The van der Waals surface area contributed by atoms with Crippen molar-refractivity contribution in [1.29, 1.82) is 0 Å². The average Bonchev–Trinajstić information content (AvgIpc) is 2.87. The Morgan fingerprint density at radius 1 is 0.963 bits per heavy atom. The van der Waals surface area contributed by atoms with E-state index in [9.17, 15) is 0 Å². The van der Waals surface area contributed by atoms with E-state index in [2.05, 4.69) is 89.3 Å². The molecule has 0 aromatic heterocycles. The van der Waals surface area contributed by atoms with Gasteiger partial charge in [0.1, 0.15) is 0 Å². The van der Waals surface area contributed by atoms with Gasteiger partial charge in [-0.15, -0.1) is 0 Å². The van der Waals surface area contributed by atoms with E-state index in [0.29, 0.717) is 4.22 Å². The molecule has 1 aliphatic rings. The molecule has 144 valence electrons. The van der Waals surface area contributed by atoms with Crippen molar-refractivity contribution in [3.8, 4) is 11.1 Å². The molecule has 0 spiro atoms. The van der Waals surface area contributed by atoms with Crippen molar-refractivity contribution >= 4 is 15.1 Å². The van der Waals surface area contributed by atoms with Crippen LogP contribution in [0.5, 0.6) is 0 Å². The molecule has 3 rings (SSSR count).